The lowest BCUT2D eigenvalue weighted by Crippen LogP contribution is -2.40. The van der Waals surface area contributed by atoms with E-state index in [4.69, 9.17) is 0 Å². The molecule has 1 N–H and O–H groups in total. The molecule has 2 unspecified atom stereocenters. The number of nitrogens with zero attached hydrogens (tertiary/aromatic N) is 1. The van der Waals surface area contributed by atoms with E-state index in [0.717, 1.165) is 12.6 Å². The first-order valence-corrected chi connectivity index (χ1v) is 7.59. The first-order chi connectivity index (χ1) is 8.25. The largest absolute Gasteiger partial charge is 0.314 e. The molecule has 1 saturated heterocycles. The van der Waals surface area contributed by atoms with Crippen LogP contribution in [0, 0.1) is 0 Å². The zero-order valence-corrected chi connectivity index (χ0v) is 11.8. The molecule has 3 heteroatoms. The third kappa shape index (κ3) is 4.09. The second-order valence-electron chi connectivity index (χ2n) is 5.23. The lowest BCUT2D eigenvalue weighted by Gasteiger charge is -2.30. The number of hydrogen-bond donors (Lipinski definition) is 1. The summed E-state index contributed by atoms with van der Waals surface area (Å²) in [5, 5.41) is 5.80. The molecule has 1 fully saturated rings. The fourth-order valence-corrected chi connectivity index (χ4v) is 3.29. The van der Waals surface area contributed by atoms with Crippen LogP contribution in [-0.2, 0) is 6.54 Å². The Morgan fingerprint density at radius 2 is 2.41 bits per heavy atom. The van der Waals surface area contributed by atoms with E-state index in [1.54, 1.807) is 0 Å². The molecule has 0 radical (unpaired) electrons. The summed E-state index contributed by atoms with van der Waals surface area (Å²) >= 11 is 1.86. The number of hydrogen-bond acceptors (Lipinski definition) is 3. The van der Waals surface area contributed by atoms with Gasteiger partial charge in [0.15, 0.2) is 0 Å². The number of nitrogens with one attached hydrogen (secondary N) is 1. The van der Waals surface area contributed by atoms with Crippen molar-refractivity contribution in [1.29, 1.82) is 0 Å². The Bertz CT molecular complexity index is 304. The van der Waals surface area contributed by atoms with Crippen molar-refractivity contribution in [1.82, 2.24) is 10.2 Å². The van der Waals surface area contributed by atoms with Crippen molar-refractivity contribution >= 4 is 11.3 Å². The standard InChI is InChI=1S/C14H24N2S/c1-12(10-13-6-3-4-8-15-13)16(2)11-14-7-5-9-17-14/h5,7,9,12-13,15H,3-4,6,8,10-11H2,1-2H3. The maximum Gasteiger partial charge on any atom is 0.0327 e. The fourth-order valence-electron chi connectivity index (χ4n) is 2.52. The Hall–Kier alpha value is -0.380. The van der Waals surface area contributed by atoms with Crippen LogP contribution in [0.3, 0.4) is 0 Å². The molecular formula is C14H24N2S. The van der Waals surface area contributed by atoms with Crippen LogP contribution in [0.15, 0.2) is 17.5 Å². The maximum atomic E-state index is 3.64. The smallest absolute Gasteiger partial charge is 0.0327 e. The average Bonchev–Trinajstić information content (AvgIpc) is 2.83. The molecule has 2 nitrogen and oxygen atoms in total. The van der Waals surface area contributed by atoms with Crippen molar-refractivity contribution in [3.8, 4) is 0 Å². The summed E-state index contributed by atoms with van der Waals surface area (Å²) in [6.07, 6.45) is 5.40. The summed E-state index contributed by atoms with van der Waals surface area (Å²) in [6, 6.07) is 5.77. The molecule has 0 bridgehead atoms. The average molecular weight is 252 g/mol. The van der Waals surface area contributed by atoms with Gasteiger partial charge in [-0.05, 0) is 51.2 Å². The van der Waals surface area contributed by atoms with Gasteiger partial charge >= 0.3 is 0 Å². The van der Waals surface area contributed by atoms with Gasteiger partial charge in [0.1, 0.15) is 0 Å². The maximum absolute atomic E-state index is 3.64. The van der Waals surface area contributed by atoms with Gasteiger partial charge in [0.2, 0.25) is 0 Å². The van der Waals surface area contributed by atoms with Crippen LogP contribution >= 0.6 is 11.3 Å². The molecule has 1 aromatic heterocycles. The minimum atomic E-state index is 0.660. The normalized spacial score (nSPS) is 22.9. The van der Waals surface area contributed by atoms with E-state index in [1.807, 2.05) is 11.3 Å². The monoisotopic (exact) mass is 252 g/mol. The highest BCUT2D eigenvalue weighted by Gasteiger charge is 2.18. The van der Waals surface area contributed by atoms with Crippen LogP contribution in [0.5, 0.6) is 0 Å². The van der Waals surface area contributed by atoms with Crippen molar-refractivity contribution in [2.24, 2.45) is 0 Å². The molecule has 1 aromatic rings. The molecule has 0 aliphatic carbocycles. The molecule has 0 spiro atoms. The molecule has 2 heterocycles. The summed E-state index contributed by atoms with van der Waals surface area (Å²) < 4.78 is 0. The summed E-state index contributed by atoms with van der Waals surface area (Å²) in [7, 11) is 2.24. The third-order valence-corrected chi connectivity index (χ3v) is 4.64. The predicted molar refractivity (Wildman–Crippen MR) is 75.5 cm³/mol. The number of rotatable bonds is 5. The Morgan fingerprint density at radius 1 is 1.53 bits per heavy atom. The quantitative estimate of drug-likeness (QED) is 0.866. The minimum absolute atomic E-state index is 0.660. The van der Waals surface area contributed by atoms with E-state index in [0.29, 0.717) is 6.04 Å². The van der Waals surface area contributed by atoms with Gasteiger partial charge in [-0.2, -0.15) is 0 Å². The van der Waals surface area contributed by atoms with E-state index >= 15 is 0 Å². The zero-order valence-electron chi connectivity index (χ0n) is 11.0. The van der Waals surface area contributed by atoms with Crippen molar-refractivity contribution in [2.45, 2.75) is 51.2 Å². The Kier molecular flexibility index (Phi) is 5.01. The summed E-state index contributed by atoms with van der Waals surface area (Å²) in [4.78, 5) is 3.94. The van der Waals surface area contributed by atoms with E-state index in [2.05, 4.69) is 41.7 Å². The van der Waals surface area contributed by atoms with E-state index in [-0.39, 0.29) is 0 Å². The molecule has 1 aliphatic rings. The SMILES string of the molecule is CC(CC1CCCCN1)N(C)Cc1cccs1. The Balaban J connectivity index is 1.76. The van der Waals surface area contributed by atoms with Crippen LogP contribution < -0.4 is 5.32 Å². The number of piperidine rings is 1. The lowest BCUT2D eigenvalue weighted by atomic mass is 9.98. The molecule has 0 amide bonds. The van der Waals surface area contributed by atoms with Gasteiger partial charge in [0, 0.05) is 23.5 Å². The van der Waals surface area contributed by atoms with Crippen molar-refractivity contribution in [2.75, 3.05) is 13.6 Å². The van der Waals surface area contributed by atoms with Crippen molar-refractivity contribution < 1.29 is 0 Å². The lowest BCUT2D eigenvalue weighted by molar-refractivity contribution is 0.211. The first-order valence-electron chi connectivity index (χ1n) is 6.71. The molecule has 17 heavy (non-hydrogen) atoms. The van der Waals surface area contributed by atoms with Crippen LogP contribution in [0.1, 0.15) is 37.5 Å². The Labute approximate surface area is 109 Å². The number of thiophene rings is 1. The van der Waals surface area contributed by atoms with E-state index < -0.39 is 0 Å². The fraction of sp³-hybridized carbons (Fsp3) is 0.714. The van der Waals surface area contributed by atoms with Crippen LogP contribution in [-0.4, -0.2) is 30.6 Å². The summed E-state index contributed by atoms with van der Waals surface area (Å²) in [5.41, 5.74) is 0. The zero-order chi connectivity index (χ0) is 12.1. The van der Waals surface area contributed by atoms with Gasteiger partial charge in [0.25, 0.3) is 0 Å². The van der Waals surface area contributed by atoms with Gasteiger partial charge in [0.05, 0.1) is 0 Å². The van der Waals surface area contributed by atoms with Gasteiger partial charge in [-0.15, -0.1) is 11.3 Å². The molecule has 2 rings (SSSR count). The van der Waals surface area contributed by atoms with Gasteiger partial charge < -0.3 is 5.32 Å². The molecule has 2 atom stereocenters. The highest BCUT2D eigenvalue weighted by atomic mass is 32.1. The van der Waals surface area contributed by atoms with E-state index in [9.17, 15) is 0 Å². The van der Waals surface area contributed by atoms with Gasteiger partial charge in [-0.25, -0.2) is 0 Å². The summed E-state index contributed by atoms with van der Waals surface area (Å²) in [5.74, 6) is 0. The molecule has 0 saturated carbocycles. The van der Waals surface area contributed by atoms with Crippen molar-refractivity contribution in [3.05, 3.63) is 22.4 Å². The van der Waals surface area contributed by atoms with Gasteiger partial charge in [-0.3, -0.25) is 4.90 Å². The highest BCUT2D eigenvalue weighted by molar-refractivity contribution is 7.09. The first kappa shape index (κ1) is 13.1. The van der Waals surface area contributed by atoms with Gasteiger partial charge in [-0.1, -0.05) is 12.5 Å². The molecular weight excluding hydrogens is 228 g/mol. The van der Waals surface area contributed by atoms with Crippen LogP contribution in [0.25, 0.3) is 0 Å². The van der Waals surface area contributed by atoms with Crippen molar-refractivity contribution in [3.63, 3.8) is 0 Å². The highest BCUT2D eigenvalue weighted by Crippen LogP contribution is 2.17. The molecule has 1 aliphatic heterocycles. The van der Waals surface area contributed by atoms with Crippen LogP contribution in [0.2, 0.25) is 0 Å². The second-order valence-corrected chi connectivity index (χ2v) is 6.26. The van der Waals surface area contributed by atoms with E-state index in [1.165, 1.54) is 37.1 Å². The molecule has 0 aromatic carbocycles. The summed E-state index contributed by atoms with van der Waals surface area (Å²) in [6.45, 7) is 4.65. The predicted octanol–water partition coefficient (Wildman–Crippen LogP) is 3.10. The molecule has 96 valence electrons. The topological polar surface area (TPSA) is 15.3 Å². The Morgan fingerprint density at radius 3 is 3.06 bits per heavy atom. The van der Waals surface area contributed by atoms with Crippen LogP contribution in [0.4, 0.5) is 0 Å². The third-order valence-electron chi connectivity index (χ3n) is 3.78. The minimum Gasteiger partial charge on any atom is -0.314 e. The second kappa shape index (κ2) is 6.53.